The van der Waals surface area contributed by atoms with Gasteiger partial charge in [0.25, 0.3) is 5.91 Å². The van der Waals surface area contributed by atoms with Crippen LogP contribution in [0.1, 0.15) is 27.2 Å². The first-order valence-electron chi connectivity index (χ1n) is 5.88. The van der Waals surface area contributed by atoms with Crippen LogP contribution in [0.2, 0.25) is 0 Å². The molecule has 0 radical (unpaired) electrons. The summed E-state index contributed by atoms with van der Waals surface area (Å²) in [5.74, 6) is 0.223. The topological polar surface area (TPSA) is 63.8 Å². The Hall–Kier alpha value is -2.04. The lowest BCUT2D eigenvalue weighted by atomic mass is 10.2. The fourth-order valence-electron chi connectivity index (χ4n) is 1.47. The van der Waals surface area contributed by atoms with Crippen molar-refractivity contribution in [2.75, 3.05) is 6.61 Å². The largest absolute Gasteiger partial charge is 0.498 e. The zero-order valence-corrected chi connectivity index (χ0v) is 10.9. The summed E-state index contributed by atoms with van der Waals surface area (Å²) < 4.78 is 6.17. The van der Waals surface area contributed by atoms with Crippen LogP contribution in [-0.2, 0) is 9.53 Å². The van der Waals surface area contributed by atoms with Crippen molar-refractivity contribution in [3.63, 3.8) is 0 Å². The van der Waals surface area contributed by atoms with Gasteiger partial charge in [-0.05, 0) is 26.0 Å². The van der Waals surface area contributed by atoms with Gasteiger partial charge in [-0.1, -0.05) is 13.0 Å². The maximum Gasteiger partial charge on any atom is 0.278 e. The molecule has 1 N–H and O–H groups in total. The number of allylic oxidation sites excluding steroid dienone is 1. The van der Waals surface area contributed by atoms with Crippen LogP contribution >= 0.6 is 0 Å². The molecule has 0 aliphatic heterocycles. The molecule has 0 atom stereocenters. The first-order valence-corrected chi connectivity index (χ1v) is 5.88. The van der Waals surface area contributed by atoms with Crippen LogP contribution in [0.5, 0.6) is 0 Å². The van der Waals surface area contributed by atoms with Crippen LogP contribution in [0.3, 0.4) is 0 Å². The van der Waals surface area contributed by atoms with E-state index < -0.39 is 5.91 Å². The Morgan fingerprint density at radius 1 is 1.44 bits per heavy atom. The van der Waals surface area contributed by atoms with Gasteiger partial charge in [-0.2, -0.15) is 9.72 Å². The zero-order valence-electron chi connectivity index (χ0n) is 10.9. The third-order valence-electron chi connectivity index (χ3n) is 2.41. The van der Waals surface area contributed by atoms with Gasteiger partial charge in [0, 0.05) is 12.6 Å². The number of ether oxygens (including phenoxy) is 1. The van der Waals surface area contributed by atoms with Gasteiger partial charge >= 0.3 is 0 Å². The molecular formula is C13H18N2O3. The number of hydrogen-bond acceptors (Lipinski definition) is 3. The highest BCUT2D eigenvalue weighted by molar-refractivity contribution is 5.93. The van der Waals surface area contributed by atoms with E-state index in [1.54, 1.807) is 25.1 Å². The molecule has 0 spiro atoms. The number of pyridine rings is 1. The van der Waals surface area contributed by atoms with Crippen LogP contribution in [0.15, 0.2) is 40.7 Å². The van der Waals surface area contributed by atoms with Crippen molar-refractivity contribution in [3.05, 3.63) is 41.2 Å². The lowest BCUT2D eigenvalue weighted by Gasteiger charge is -2.08. The van der Waals surface area contributed by atoms with Crippen molar-refractivity contribution >= 4 is 5.91 Å². The molecular weight excluding hydrogens is 232 g/mol. The summed E-state index contributed by atoms with van der Waals surface area (Å²) >= 11 is 0. The van der Waals surface area contributed by atoms with Gasteiger partial charge in [-0.15, -0.1) is 0 Å². The summed E-state index contributed by atoms with van der Waals surface area (Å²) in [4.78, 5) is 15.8. The maximum atomic E-state index is 11.9. The van der Waals surface area contributed by atoms with Crippen LogP contribution in [-0.4, -0.2) is 22.5 Å². The highest BCUT2D eigenvalue weighted by atomic mass is 16.5. The number of nitrogens with zero attached hydrogens (tertiary/aromatic N) is 2. The molecule has 98 valence electrons. The predicted octanol–water partition coefficient (Wildman–Crippen LogP) is 1.87. The summed E-state index contributed by atoms with van der Waals surface area (Å²) in [6.07, 6.45) is 2.04. The fraction of sp³-hybridized carbons (Fsp3) is 0.385. The molecule has 0 aromatic carbocycles. The molecule has 5 heteroatoms. The van der Waals surface area contributed by atoms with Crippen molar-refractivity contribution in [2.45, 2.75) is 27.2 Å². The minimum atomic E-state index is -0.408. The highest BCUT2D eigenvalue weighted by Gasteiger charge is 2.09. The van der Waals surface area contributed by atoms with E-state index in [4.69, 9.17) is 4.74 Å². The molecule has 0 aliphatic rings. The van der Waals surface area contributed by atoms with Gasteiger partial charge < -0.3 is 9.94 Å². The summed E-state index contributed by atoms with van der Waals surface area (Å²) in [7, 11) is 0. The van der Waals surface area contributed by atoms with Crippen molar-refractivity contribution in [1.29, 1.82) is 0 Å². The average Bonchev–Trinajstić information content (AvgIpc) is 2.37. The van der Waals surface area contributed by atoms with E-state index in [0.717, 1.165) is 4.73 Å². The first-order chi connectivity index (χ1) is 8.60. The number of carbonyl (C=O) groups is 1. The third-order valence-corrected chi connectivity index (χ3v) is 2.41. The van der Waals surface area contributed by atoms with E-state index in [2.05, 4.69) is 4.99 Å². The Balaban J connectivity index is 3.09. The molecule has 1 amide bonds. The number of carbonyl (C=O) groups excluding carboxylic acids is 1. The van der Waals surface area contributed by atoms with Crippen LogP contribution in [0.4, 0.5) is 0 Å². The average molecular weight is 250 g/mol. The van der Waals surface area contributed by atoms with Gasteiger partial charge in [0.2, 0.25) is 0 Å². The third kappa shape index (κ3) is 3.48. The Morgan fingerprint density at radius 3 is 2.72 bits per heavy atom. The predicted molar refractivity (Wildman–Crippen MR) is 66.8 cm³/mol. The van der Waals surface area contributed by atoms with E-state index >= 15 is 0 Å². The number of rotatable bonds is 4. The lowest BCUT2D eigenvalue weighted by molar-refractivity contribution is -0.115. The van der Waals surface area contributed by atoms with E-state index in [-0.39, 0.29) is 5.49 Å². The van der Waals surface area contributed by atoms with Gasteiger partial charge in [0.05, 0.1) is 12.2 Å². The summed E-state index contributed by atoms with van der Waals surface area (Å²) in [5.41, 5.74) is 0.650. The van der Waals surface area contributed by atoms with Gasteiger partial charge in [0.15, 0.2) is 5.49 Å². The van der Waals surface area contributed by atoms with Crippen molar-refractivity contribution in [2.24, 2.45) is 4.99 Å². The zero-order chi connectivity index (χ0) is 13.5. The maximum absolute atomic E-state index is 11.9. The van der Waals surface area contributed by atoms with E-state index in [1.165, 1.54) is 6.20 Å². The molecule has 0 bridgehead atoms. The fourth-order valence-corrected chi connectivity index (χ4v) is 1.47. The molecule has 0 unspecified atom stereocenters. The van der Waals surface area contributed by atoms with Crippen molar-refractivity contribution in [1.82, 2.24) is 4.73 Å². The second kappa shape index (κ2) is 6.64. The minimum Gasteiger partial charge on any atom is -0.498 e. The molecule has 0 aliphatic carbocycles. The summed E-state index contributed by atoms with van der Waals surface area (Å²) in [6.45, 7) is 5.96. The summed E-state index contributed by atoms with van der Waals surface area (Å²) in [6, 6.07) is 4.89. The first kappa shape index (κ1) is 14.0. The van der Waals surface area contributed by atoms with Crippen LogP contribution in [0, 0.1) is 0 Å². The molecule has 1 heterocycles. The monoisotopic (exact) mass is 250 g/mol. The SMILES string of the molecule is CCO/C(CC)=C(/C)C(=O)N=c1ccccn1O. The van der Waals surface area contributed by atoms with Gasteiger partial charge in [-0.3, -0.25) is 4.79 Å². The Kier molecular flexibility index (Phi) is 5.17. The standard InChI is InChI=1S/C13H18N2O3/c1-4-11(18-5-2)10(3)13(16)14-12-8-6-7-9-15(12)17/h6-9,17H,4-5H2,1-3H3/b11-10-,14-12?. The lowest BCUT2D eigenvalue weighted by Crippen LogP contribution is -2.19. The van der Waals surface area contributed by atoms with Crippen LogP contribution < -0.4 is 5.49 Å². The normalized spacial score (nSPS) is 13.2. The second-order valence-electron chi connectivity index (χ2n) is 3.66. The molecule has 18 heavy (non-hydrogen) atoms. The van der Waals surface area contributed by atoms with E-state index in [1.807, 2.05) is 13.8 Å². The smallest absolute Gasteiger partial charge is 0.278 e. The summed E-state index contributed by atoms with van der Waals surface area (Å²) in [5, 5.41) is 9.46. The molecule has 5 nitrogen and oxygen atoms in total. The Bertz CT molecular complexity index is 515. The Labute approximate surface area is 106 Å². The van der Waals surface area contributed by atoms with Gasteiger partial charge in [-0.25, -0.2) is 0 Å². The second-order valence-corrected chi connectivity index (χ2v) is 3.66. The molecule has 1 aromatic heterocycles. The van der Waals surface area contributed by atoms with Crippen molar-refractivity contribution in [3.8, 4) is 0 Å². The van der Waals surface area contributed by atoms with E-state index in [0.29, 0.717) is 24.4 Å². The highest BCUT2D eigenvalue weighted by Crippen LogP contribution is 2.11. The molecule has 1 aromatic rings. The quantitative estimate of drug-likeness (QED) is 0.504. The minimum absolute atomic E-state index is 0.189. The molecule has 0 fully saturated rings. The van der Waals surface area contributed by atoms with Crippen LogP contribution in [0.25, 0.3) is 0 Å². The molecule has 1 rings (SSSR count). The van der Waals surface area contributed by atoms with Crippen molar-refractivity contribution < 1.29 is 14.7 Å². The number of hydrogen-bond donors (Lipinski definition) is 1. The van der Waals surface area contributed by atoms with Gasteiger partial charge in [0.1, 0.15) is 5.76 Å². The number of amides is 1. The Morgan fingerprint density at radius 2 is 2.17 bits per heavy atom. The van der Waals surface area contributed by atoms with E-state index in [9.17, 15) is 10.0 Å². The number of aromatic nitrogens is 1. The molecule has 0 saturated heterocycles. The molecule has 0 saturated carbocycles.